The first-order valence-electron chi connectivity index (χ1n) is 5.09. The summed E-state index contributed by atoms with van der Waals surface area (Å²) in [6.07, 6.45) is 1.38. The zero-order valence-electron chi connectivity index (χ0n) is 9.09. The van der Waals surface area contributed by atoms with E-state index >= 15 is 0 Å². The van der Waals surface area contributed by atoms with Gasteiger partial charge in [0.05, 0.1) is 11.3 Å². The molecule has 3 nitrogen and oxygen atoms in total. The van der Waals surface area contributed by atoms with E-state index in [4.69, 9.17) is 5.26 Å². The van der Waals surface area contributed by atoms with Crippen molar-refractivity contribution in [1.29, 1.82) is 5.26 Å². The maximum atomic E-state index is 13.6. The molecule has 0 aliphatic heterocycles. The Morgan fingerprint density at radius 1 is 1.53 bits per heavy atom. The van der Waals surface area contributed by atoms with Crippen molar-refractivity contribution in [2.45, 2.75) is 6.92 Å². The lowest BCUT2D eigenvalue weighted by atomic mass is 10.1. The van der Waals surface area contributed by atoms with E-state index < -0.39 is 5.82 Å². The summed E-state index contributed by atoms with van der Waals surface area (Å²) in [6.45, 7) is 2.57. The molecule has 1 N–H and O–H groups in total. The van der Waals surface area contributed by atoms with Crippen molar-refractivity contribution in [3.8, 4) is 6.07 Å². The molecule has 5 heteroatoms. The Labute approximate surface area is 106 Å². The number of nitrogens with one attached hydrogen (secondary N) is 1. The number of pyridine rings is 1. The summed E-state index contributed by atoms with van der Waals surface area (Å²) in [4.78, 5) is 3.99. The van der Waals surface area contributed by atoms with Crippen LogP contribution in [0.4, 0.5) is 10.1 Å². The van der Waals surface area contributed by atoms with Gasteiger partial charge in [0.25, 0.3) is 0 Å². The van der Waals surface area contributed by atoms with Crippen molar-refractivity contribution in [2.24, 2.45) is 0 Å². The number of benzene rings is 1. The number of halogens is 2. The van der Waals surface area contributed by atoms with Crippen LogP contribution in [0.3, 0.4) is 0 Å². The van der Waals surface area contributed by atoms with E-state index in [9.17, 15) is 4.39 Å². The van der Waals surface area contributed by atoms with Crippen molar-refractivity contribution in [2.75, 3.05) is 11.9 Å². The molecule has 2 rings (SSSR count). The van der Waals surface area contributed by atoms with Crippen LogP contribution in [0.2, 0.25) is 0 Å². The zero-order valence-corrected chi connectivity index (χ0v) is 10.7. The summed E-state index contributed by atoms with van der Waals surface area (Å²) >= 11 is 3.36. The summed E-state index contributed by atoms with van der Waals surface area (Å²) in [5, 5.41) is 12.7. The normalized spacial score (nSPS) is 10.2. The van der Waals surface area contributed by atoms with Crippen LogP contribution in [0.25, 0.3) is 10.9 Å². The largest absolute Gasteiger partial charge is 0.384 e. The van der Waals surface area contributed by atoms with Gasteiger partial charge in [-0.2, -0.15) is 5.26 Å². The van der Waals surface area contributed by atoms with Crippen molar-refractivity contribution >= 4 is 32.5 Å². The van der Waals surface area contributed by atoms with Gasteiger partial charge in [0.1, 0.15) is 17.4 Å². The Balaban J connectivity index is 2.89. The minimum Gasteiger partial charge on any atom is -0.384 e. The molecule has 0 amide bonds. The molecule has 0 unspecified atom stereocenters. The molecule has 1 heterocycles. The SMILES string of the molecule is CCNc1c(C#N)cnc2c(F)ccc(Br)c12. The van der Waals surface area contributed by atoms with E-state index in [1.54, 1.807) is 6.07 Å². The van der Waals surface area contributed by atoms with Crippen LogP contribution in [-0.2, 0) is 0 Å². The lowest BCUT2D eigenvalue weighted by Gasteiger charge is -2.11. The monoisotopic (exact) mass is 293 g/mol. The molecule has 0 saturated heterocycles. The molecular formula is C12H9BrFN3. The van der Waals surface area contributed by atoms with Gasteiger partial charge >= 0.3 is 0 Å². The van der Waals surface area contributed by atoms with Gasteiger partial charge in [-0.05, 0) is 19.1 Å². The zero-order chi connectivity index (χ0) is 12.4. The third-order valence-corrected chi connectivity index (χ3v) is 3.05. The molecule has 0 aliphatic carbocycles. The lowest BCUT2D eigenvalue weighted by Crippen LogP contribution is -2.02. The highest BCUT2D eigenvalue weighted by atomic mass is 79.9. The number of hydrogen-bond donors (Lipinski definition) is 1. The highest BCUT2D eigenvalue weighted by Crippen LogP contribution is 2.33. The average molecular weight is 294 g/mol. The molecule has 0 radical (unpaired) electrons. The first kappa shape index (κ1) is 11.8. The first-order chi connectivity index (χ1) is 8.19. The van der Waals surface area contributed by atoms with Crippen molar-refractivity contribution in [1.82, 2.24) is 4.98 Å². The minimum atomic E-state index is -0.396. The molecule has 86 valence electrons. The fourth-order valence-electron chi connectivity index (χ4n) is 1.68. The van der Waals surface area contributed by atoms with E-state index in [-0.39, 0.29) is 5.52 Å². The maximum absolute atomic E-state index is 13.6. The van der Waals surface area contributed by atoms with Crippen LogP contribution in [0.1, 0.15) is 12.5 Å². The molecular weight excluding hydrogens is 285 g/mol. The van der Waals surface area contributed by atoms with Gasteiger partial charge in [0, 0.05) is 22.6 Å². The number of hydrogen-bond acceptors (Lipinski definition) is 3. The number of nitrogens with zero attached hydrogens (tertiary/aromatic N) is 2. The molecule has 0 bridgehead atoms. The predicted molar refractivity (Wildman–Crippen MR) is 68.3 cm³/mol. The van der Waals surface area contributed by atoms with Crippen LogP contribution in [-0.4, -0.2) is 11.5 Å². The smallest absolute Gasteiger partial charge is 0.149 e. The Kier molecular flexibility index (Phi) is 3.25. The second-order valence-corrected chi connectivity index (χ2v) is 4.30. The van der Waals surface area contributed by atoms with Gasteiger partial charge < -0.3 is 5.32 Å². The van der Waals surface area contributed by atoms with Crippen LogP contribution < -0.4 is 5.32 Å². The van der Waals surface area contributed by atoms with E-state index in [0.29, 0.717) is 23.2 Å². The van der Waals surface area contributed by atoms with Crippen LogP contribution in [0.5, 0.6) is 0 Å². The summed E-state index contributed by atoms with van der Waals surface area (Å²) in [6, 6.07) is 5.01. The van der Waals surface area contributed by atoms with Gasteiger partial charge in [-0.15, -0.1) is 0 Å². The molecule has 2 aromatic rings. The molecule has 1 aromatic heterocycles. The number of rotatable bonds is 2. The third kappa shape index (κ3) is 1.96. The molecule has 1 aromatic carbocycles. The van der Waals surface area contributed by atoms with E-state index in [1.807, 2.05) is 6.92 Å². The second kappa shape index (κ2) is 4.68. The predicted octanol–water partition coefficient (Wildman–Crippen LogP) is 3.44. The molecule has 0 saturated carbocycles. The van der Waals surface area contributed by atoms with Gasteiger partial charge in [-0.25, -0.2) is 4.39 Å². The molecule has 0 atom stereocenters. The highest BCUT2D eigenvalue weighted by molar-refractivity contribution is 9.10. The fourth-order valence-corrected chi connectivity index (χ4v) is 2.20. The minimum absolute atomic E-state index is 0.259. The van der Waals surface area contributed by atoms with E-state index in [2.05, 4.69) is 32.3 Å². The Hall–Kier alpha value is -1.67. The topological polar surface area (TPSA) is 48.7 Å². The number of anilines is 1. The number of fused-ring (bicyclic) bond motifs is 1. The molecule has 0 spiro atoms. The third-order valence-electron chi connectivity index (χ3n) is 2.39. The summed E-state index contributed by atoms with van der Waals surface area (Å²) in [5.74, 6) is -0.396. The van der Waals surface area contributed by atoms with Crippen LogP contribution in [0.15, 0.2) is 22.8 Å². The number of nitriles is 1. The van der Waals surface area contributed by atoms with E-state index in [0.717, 1.165) is 4.47 Å². The maximum Gasteiger partial charge on any atom is 0.149 e. The first-order valence-corrected chi connectivity index (χ1v) is 5.89. The molecule has 0 fully saturated rings. The lowest BCUT2D eigenvalue weighted by molar-refractivity contribution is 0.636. The Bertz CT molecular complexity index is 619. The van der Waals surface area contributed by atoms with Crippen molar-refractivity contribution in [3.05, 3.63) is 34.2 Å². The van der Waals surface area contributed by atoms with E-state index in [1.165, 1.54) is 12.3 Å². The Morgan fingerprint density at radius 2 is 2.29 bits per heavy atom. The van der Waals surface area contributed by atoms with Crippen molar-refractivity contribution < 1.29 is 4.39 Å². The highest BCUT2D eigenvalue weighted by Gasteiger charge is 2.13. The quantitative estimate of drug-likeness (QED) is 0.923. The molecule has 0 aliphatic rings. The van der Waals surface area contributed by atoms with Crippen LogP contribution >= 0.6 is 15.9 Å². The summed E-state index contributed by atoms with van der Waals surface area (Å²) < 4.78 is 14.3. The van der Waals surface area contributed by atoms with Gasteiger partial charge in [0.2, 0.25) is 0 Å². The number of aromatic nitrogens is 1. The second-order valence-electron chi connectivity index (χ2n) is 3.44. The van der Waals surface area contributed by atoms with Crippen molar-refractivity contribution in [3.63, 3.8) is 0 Å². The fraction of sp³-hybridized carbons (Fsp3) is 0.167. The van der Waals surface area contributed by atoms with Gasteiger partial charge in [0.15, 0.2) is 0 Å². The van der Waals surface area contributed by atoms with Gasteiger partial charge in [-0.1, -0.05) is 15.9 Å². The molecule has 17 heavy (non-hydrogen) atoms. The summed E-state index contributed by atoms with van der Waals surface area (Å²) in [7, 11) is 0. The summed E-state index contributed by atoms with van der Waals surface area (Å²) in [5.41, 5.74) is 1.28. The van der Waals surface area contributed by atoms with Gasteiger partial charge in [-0.3, -0.25) is 4.98 Å². The average Bonchev–Trinajstić information content (AvgIpc) is 2.34. The Morgan fingerprint density at radius 3 is 2.94 bits per heavy atom. The van der Waals surface area contributed by atoms with Crippen LogP contribution in [0, 0.1) is 17.1 Å². The standard InChI is InChI=1S/C12H9BrFN3/c1-2-16-11-7(5-15)6-17-12-9(14)4-3-8(13)10(11)12/h3-4,6H,2H2,1H3,(H,16,17).